The fourth-order valence-corrected chi connectivity index (χ4v) is 4.19. The van der Waals surface area contributed by atoms with Gasteiger partial charge in [0.05, 0.1) is 24.8 Å². The third kappa shape index (κ3) is 5.58. The van der Waals surface area contributed by atoms with Crippen molar-refractivity contribution in [3.8, 4) is 11.5 Å². The van der Waals surface area contributed by atoms with E-state index in [2.05, 4.69) is 5.32 Å². The monoisotopic (exact) mass is 454 g/mol. The van der Waals surface area contributed by atoms with Gasteiger partial charge in [-0.2, -0.15) is 0 Å². The van der Waals surface area contributed by atoms with E-state index in [1.807, 2.05) is 20.8 Å². The lowest BCUT2D eigenvalue weighted by Gasteiger charge is -2.26. The zero-order valence-electron chi connectivity index (χ0n) is 17.7. The topological polar surface area (TPSA) is 84.9 Å². The van der Waals surface area contributed by atoms with Crippen molar-refractivity contribution >= 4 is 33.2 Å². The predicted octanol–water partition coefficient (Wildman–Crippen LogP) is 3.71. The molecule has 0 radical (unpaired) electrons. The van der Waals surface area contributed by atoms with E-state index in [4.69, 9.17) is 21.1 Å². The minimum Gasteiger partial charge on any atom is -0.493 e. The number of halogens is 1. The Balaban J connectivity index is 2.47. The fourth-order valence-electron chi connectivity index (χ4n) is 2.62. The molecule has 9 heteroatoms. The normalized spacial score (nSPS) is 12.4. The second-order valence-corrected chi connectivity index (χ2v) is 9.40. The molecule has 164 valence electrons. The van der Waals surface area contributed by atoms with Crippen LogP contribution in [0.4, 0.5) is 5.69 Å². The number of ether oxygens (including phenoxy) is 2. The average molecular weight is 455 g/mol. The maximum atomic E-state index is 13.5. The molecule has 0 aromatic heterocycles. The summed E-state index contributed by atoms with van der Waals surface area (Å²) in [5.41, 5.74) is 0.321. The molecule has 7 nitrogen and oxygen atoms in total. The Bertz CT molecular complexity index is 977. The number of nitrogens with one attached hydrogen (secondary N) is 1. The van der Waals surface area contributed by atoms with Crippen LogP contribution in [0.25, 0.3) is 0 Å². The lowest BCUT2D eigenvalue weighted by Crippen LogP contribution is -2.45. The first kappa shape index (κ1) is 23.8. The van der Waals surface area contributed by atoms with Crippen molar-refractivity contribution < 1.29 is 22.7 Å². The molecule has 0 saturated carbocycles. The van der Waals surface area contributed by atoms with Crippen LogP contribution in [-0.2, 0) is 14.8 Å². The second-order valence-electron chi connectivity index (χ2n) is 7.11. The van der Waals surface area contributed by atoms with Crippen LogP contribution in [0.3, 0.4) is 0 Å². The predicted molar refractivity (Wildman–Crippen MR) is 118 cm³/mol. The van der Waals surface area contributed by atoms with Gasteiger partial charge in [0.15, 0.2) is 11.5 Å². The number of rotatable bonds is 9. The molecule has 2 aromatic rings. The quantitative estimate of drug-likeness (QED) is 0.624. The van der Waals surface area contributed by atoms with Crippen LogP contribution in [0.15, 0.2) is 47.4 Å². The van der Waals surface area contributed by atoms with Gasteiger partial charge >= 0.3 is 0 Å². The summed E-state index contributed by atoms with van der Waals surface area (Å²) in [6.07, 6.45) is 0. The molecule has 1 atom stereocenters. The first-order valence-corrected chi connectivity index (χ1v) is 11.2. The van der Waals surface area contributed by atoms with Gasteiger partial charge in [-0.05, 0) is 49.2 Å². The molecular formula is C21H27ClN2O5S. The number of anilines is 1. The van der Waals surface area contributed by atoms with Crippen LogP contribution in [0, 0.1) is 5.92 Å². The fraction of sp³-hybridized carbons (Fsp3) is 0.381. The zero-order valence-corrected chi connectivity index (χ0v) is 19.3. The van der Waals surface area contributed by atoms with Gasteiger partial charge in [-0.25, -0.2) is 8.42 Å². The Morgan fingerprint density at radius 3 is 2.17 bits per heavy atom. The van der Waals surface area contributed by atoms with Crippen molar-refractivity contribution in [1.29, 1.82) is 0 Å². The highest BCUT2D eigenvalue weighted by atomic mass is 35.5. The summed E-state index contributed by atoms with van der Waals surface area (Å²) >= 11 is 5.95. The number of methoxy groups -OCH3 is 2. The van der Waals surface area contributed by atoms with Gasteiger partial charge in [-0.15, -0.1) is 0 Å². The lowest BCUT2D eigenvalue weighted by molar-refractivity contribution is -0.120. The average Bonchev–Trinajstić information content (AvgIpc) is 2.71. The van der Waals surface area contributed by atoms with E-state index in [0.29, 0.717) is 16.5 Å². The van der Waals surface area contributed by atoms with Crippen LogP contribution in [-0.4, -0.2) is 41.1 Å². The number of sulfonamides is 1. The summed E-state index contributed by atoms with van der Waals surface area (Å²) in [6.45, 7) is 5.44. The van der Waals surface area contributed by atoms with Crippen LogP contribution < -0.4 is 19.1 Å². The van der Waals surface area contributed by atoms with Crippen molar-refractivity contribution in [3.05, 3.63) is 47.5 Å². The number of amides is 1. The van der Waals surface area contributed by atoms with Gasteiger partial charge in [0.1, 0.15) is 6.54 Å². The van der Waals surface area contributed by atoms with Gasteiger partial charge in [-0.1, -0.05) is 25.4 Å². The third-order valence-electron chi connectivity index (χ3n) is 4.73. The first-order valence-electron chi connectivity index (χ1n) is 9.39. The van der Waals surface area contributed by atoms with Crippen LogP contribution >= 0.6 is 11.6 Å². The highest BCUT2D eigenvalue weighted by molar-refractivity contribution is 7.92. The molecular weight excluding hydrogens is 428 g/mol. The number of hydrogen-bond donors (Lipinski definition) is 1. The lowest BCUT2D eigenvalue weighted by atomic mass is 10.1. The molecule has 0 aliphatic carbocycles. The number of hydrogen-bond acceptors (Lipinski definition) is 5. The number of nitrogens with zero attached hydrogens (tertiary/aromatic N) is 1. The summed E-state index contributed by atoms with van der Waals surface area (Å²) in [5.74, 6) is 0.473. The smallest absolute Gasteiger partial charge is 0.264 e. The largest absolute Gasteiger partial charge is 0.493 e. The molecule has 0 aliphatic heterocycles. The highest BCUT2D eigenvalue weighted by Crippen LogP contribution is 2.32. The van der Waals surface area contributed by atoms with E-state index in [1.165, 1.54) is 32.4 Å². The minimum atomic E-state index is -4.08. The van der Waals surface area contributed by atoms with E-state index in [1.54, 1.807) is 24.3 Å². The van der Waals surface area contributed by atoms with Crippen LogP contribution in [0.5, 0.6) is 11.5 Å². The Morgan fingerprint density at radius 1 is 1.03 bits per heavy atom. The second kappa shape index (κ2) is 10.0. The van der Waals surface area contributed by atoms with Gasteiger partial charge < -0.3 is 14.8 Å². The van der Waals surface area contributed by atoms with E-state index >= 15 is 0 Å². The molecule has 2 rings (SSSR count). The number of carbonyl (C=O) groups is 1. The summed E-state index contributed by atoms with van der Waals surface area (Å²) < 4.78 is 38.4. The van der Waals surface area contributed by atoms with Crippen molar-refractivity contribution in [1.82, 2.24) is 5.32 Å². The molecule has 1 N–H and O–H groups in total. The highest BCUT2D eigenvalue weighted by Gasteiger charge is 2.29. The van der Waals surface area contributed by atoms with E-state index < -0.39 is 15.9 Å². The molecule has 2 aromatic carbocycles. The van der Waals surface area contributed by atoms with E-state index in [0.717, 1.165) is 4.31 Å². The van der Waals surface area contributed by atoms with E-state index in [9.17, 15) is 13.2 Å². The molecule has 0 saturated heterocycles. The Labute approximate surface area is 183 Å². The molecule has 1 amide bonds. The molecule has 0 bridgehead atoms. The summed E-state index contributed by atoms with van der Waals surface area (Å²) in [5, 5.41) is 3.30. The van der Waals surface area contributed by atoms with Crippen LogP contribution in [0.2, 0.25) is 5.02 Å². The molecule has 0 unspecified atom stereocenters. The number of benzene rings is 2. The molecule has 0 aliphatic rings. The Morgan fingerprint density at radius 2 is 1.63 bits per heavy atom. The van der Waals surface area contributed by atoms with E-state index in [-0.39, 0.29) is 29.1 Å². The van der Waals surface area contributed by atoms with Crippen molar-refractivity contribution in [3.63, 3.8) is 0 Å². The SMILES string of the molecule is COc1ccc(S(=O)(=O)N(CC(=O)N[C@@H](C)C(C)C)c2ccc(Cl)cc2)cc1OC. The molecule has 0 spiro atoms. The Hall–Kier alpha value is -2.45. The van der Waals surface area contributed by atoms with Gasteiger partial charge in [-0.3, -0.25) is 9.10 Å². The number of carbonyl (C=O) groups excluding carboxylic acids is 1. The minimum absolute atomic E-state index is 0.0280. The van der Waals surface area contributed by atoms with Gasteiger partial charge in [0.2, 0.25) is 5.91 Å². The molecule has 30 heavy (non-hydrogen) atoms. The molecule has 0 fully saturated rings. The maximum Gasteiger partial charge on any atom is 0.264 e. The van der Waals surface area contributed by atoms with Crippen molar-refractivity contribution in [2.24, 2.45) is 5.92 Å². The Kier molecular flexibility index (Phi) is 7.97. The maximum absolute atomic E-state index is 13.5. The zero-order chi connectivity index (χ0) is 22.5. The van der Waals surface area contributed by atoms with Gasteiger partial charge in [0.25, 0.3) is 10.0 Å². The summed E-state index contributed by atoms with van der Waals surface area (Å²) in [6, 6.07) is 10.4. The van der Waals surface area contributed by atoms with Crippen LogP contribution in [0.1, 0.15) is 20.8 Å². The molecule has 0 heterocycles. The summed E-state index contributed by atoms with van der Waals surface area (Å²) in [7, 11) is -1.19. The van der Waals surface area contributed by atoms with Crippen molar-refractivity contribution in [2.75, 3.05) is 25.1 Å². The summed E-state index contributed by atoms with van der Waals surface area (Å²) in [4.78, 5) is 12.6. The third-order valence-corrected chi connectivity index (χ3v) is 6.76. The first-order chi connectivity index (χ1) is 14.1. The standard InChI is InChI=1S/C21H27ClN2O5S/c1-14(2)15(3)23-21(25)13-24(17-8-6-16(22)7-9-17)30(26,27)18-10-11-19(28-4)20(12-18)29-5/h6-12,14-15H,13H2,1-5H3,(H,23,25)/t15-/m0/s1. The van der Waals surface area contributed by atoms with Gasteiger partial charge in [0, 0.05) is 17.1 Å². The van der Waals surface area contributed by atoms with Crippen molar-refractivity contribution in [2.45, 2.75) is 31.7 Å².